The van der Waals surface area contributed by atoms with Gasteiger partial charge >= 0.3 is 5.97 Å². The summed E-state index contributed by atoms with van der Waals surface area (Å²) in [6, 6.07) is 0. The quantitative estimate of drug-likeness (QED) is 0.538. The summed E-state index contributed by atoms with van der Waals surface area (Å²) in [4.78, 5) is 21.9. The molecule has 0 aliphatic rings. The van der Waals surface area contributed by atoms with Gasteiger partial charge in [0.05, 0.1) is 5.03 Å². The third-order valence-electron chi connectivity index (χ3n) is 1.84. The molecule has 0 aromatic rings. The van der Waals surface area contributed by atoms with E-state index in [0.717, 1.165) is 0 Å². The predicted octanol–water partition coefficient (Wildman–Crippen LogP) is 2.43. The van der Waals surface area contributed by atoms with E-state index < -0.39 is 6.10 Å². The summed E-state index contributed by atoms with van der Waals surface area (Å²) in [6.07, 6.45) is -0.249. The topological polar surface area (TPSA) is 43.4 Å². The van der Waals surface area contributed by atoms with Crippen LogP contribution in [0.5, 0.6) is 0 Å². The molecule has 1 atom stereocenters. The van der Waals surface area contributed by atoms with Crippen LogP contribution in [-0.2, 0) is 14.3 Å². The van der Waals surface area contributed by atoms with Crippen LogP contribution in [-0.4, -0.2) is 17.9 Å². The van der Waals surface area contributed by atoms with Gasteiger partial charge in [0.2, 0.25) is 0 Å². The van der Waals surface area contributed by atoms with Crippen LogP contribution >= 0.6 is 11.6 Å². The number of rotatable bonds is 4. The minimum Gasteiger partial charge on any atom is -0.457 e. The van der Waals surface area contributed by atoms with Crippen LogP contribution in [0, 0.1) is 0 Å². The first-order valence-corrected chi connectivity index (χ1v) is 4.84. The van der Waals surface area contributed by atoms with Crippen LogP contribution in [0.2, 0.25) is 0 Å². The molecule has 0 spiro atoms. The van der Waals surface area contributed by atoms with Crippen molar-refractivity contribution in [3.8, 4) is 0 Å². The maximum absolute atomic E-state index is 11.0. The van der Waals surface area contributed by atoms with Crippen LogP contribution in [0.4, 0.5) is 0 Å². The maximum atomic E-state index is 11.0. The molecule has 3 nitrogen and oxygen atoms in total. The van der Waals surface area contributed by atoms with Crippen LogP contribution in [0.25, 0.3) is 0 Å². The third kappa shape index (κ3) is 3.92. The lowest BCUT2D eigenvalue weighted by atomic mass is 10.1. The van der Waals surface area contributed by atoms with E-state index >= 15 is 0 Å². The van der Waals surface area contributed by atoms with Crippen molar-refractivity contribution >= 4 is 23.4 Å². The second-order valence-corrected chi connectivity index (χ2v) is 3.42. The number of allylic oxidation sites excluding steroid dienone is 1. The van der Waals surface area contributed by atoms with E-state index in [1.165, 1.54) is 6.92 Å². The summed E-state index contributed by atoms with van der Waals surface area (Å²) in [5, 5.41) is 0.291. The van der Waals surface area contributed by atoms with E-state index in [9.17, 15) is 9.59 Å². The molecule has 0 amide bonds. The Morgan fingerprint density at radius 3 is 2.21 bits per heavy atom. The van der Waals surface area contributed by atoms with Gasteiger partial charge < -0.3 is 4.74 Å². The van der Waals surface area contributed by atoms with E-state index in [1.807, 2.05) is 0 Å². The molecule has 0 rings (SSSR count). The summed E-state index contributed by atoms with van der Waals surface area (Å²) < 4.78 is 4.95. The second-order valence-electron chi connectivity index (χ2n) is 3.01. The molecule has 0 N–H and O–H groups in total. The van der Waals surface area contributed by atoms with E-state index in [4.69, 9.17) is 16.3 Å². The molecule has 0 aromatic carbocycles. The van der Waals surface area contributed by atoms with Crippen molar-refractivity contribution in [1.82, 2.24) is 0 Å². The van der Waals surface area contributed by atoms with Crippen molar-refractivity contribution in [1.29, 1.82) is 0 Å². The summed E-state index contributed by atoms with van der Waals surface area (Å²) in [6.45, 7) is 6.37. The number of ketones is 1. The van der Waals surface area contributed by atoms with Crippen LogP contribution < -0.4 is 0 Å². The molecule has 80 valence electrons. The molecule has 0 radical (unpaired) electrons. The molecular weight excluding hydrogens is 204 g/mol. The predicted molar refractivity (Wildman–Crippen MR) is 55.1 cm³/mol. The van der Waals surface area contributed by atoms with Gasteiger partial charge in [-0.25, -0.2) is 0 Å². The first-order chi connectivity index (χ1) is 6.40. The number of esters is 1. The van der Waals surface area contributed by atoms with Gasteiger partial charge in [0, 0.05) is 12.0 Å². The normalized spacial score (nSPS) is 14.4. The van der Waals surface area contributed by atoms with E-state index in [2.05, 4.69) is 0 Å². The first-order valence-electron chi connectivity index (χ1n) is 4.46. The summed E-state index contributed by atoms with van der Waals surface area (Å²) in [5.41, 5.74) is 0.433. The second kappa shape index (κ2) is 5.81. The molecule has 1 unspecified atom stereocenters. The zero-order valence-corrected chi connectivity index (χ0v) is 9.64. The zero-order valence-electron chi connectivity index (χ0n) is 8.89. The largest absolute Gasteiger partial charge is 0.457 e. The summed E-state index contributed by atoms with van der Waals surface area (Å²) >= 11 is 5.86. The summed E-state index contributed by atoms with van der Waals surface area (Å²) in [7, 11) is 0. The standard InChI is InChI=1S/C10H15ClO3/c1-5-9(13)14-8(4)10(11)6(2)7(3)12/h8H,5H2,1-4H3/b10-6+. The van der Waals surface area contributed by atoms with Gasteiger partial charge in [-0.3, -0.25) is 9.59 Å². The van der Waals surface area contributed by atoms with Crippen molar-refractivity contribution in [2.45, 2.75) is 40.2 Å². The smallest absolute Gasteiger partial charge is 0.306 e. The highest BCUT2D eigenvalue weighted by atomic mass is 35.5. The Bertz CT molecular complexity index is 269. The van der Waals surface area contributed by atoms with Crippen molar-refractivity contribution in [2.75, 3.05) is 0 Å². The van der Waals surface area contributed by atoms with Crippen LogP contribution in [0.15, 0.2) is 10.6 Å². The number of carbonyl (C=O) groups is 2. The lowest BCUT2D eigenvalue weighted by molar-refractivity contribution is -0.146. The molecule has 0 bridgehead atoms. The summed E-state index contributed by atoms with van der Waals surface area (Å²) in [5.74, 6) is -0.443. The lowest BCUT2D eigenvalue weighted by Crippen LogP contribution is -2.16. The van der Waals surface area contributed by atoms with Gasteiger partial charge in [-0.1, -0.05) is 18.5 Å². The Morgan fingerprint density at radius 1 is 1.36 bits per heavy atom. The molecule has 4 heteroatoms. The van der Waals surface area contributed by atoms with Gasteiger partial charge in [-0.15, -0.1) is 0 Å². The molecule has 0 saturated carbocycles. The zero-order chi connectivity index (χ0) is 11.3. The Morgan fingerprint density at radius 2 is 1.86 bits per heavy atom. The SMILES string of the molecule is CCC(=O)OC(C)/C(Cl)=C(/C)C(C)=O. The minimum absolute atomic E-state index is 0.116. The molecule has 0 aromatic heterocycles. The Labute approximate surface area is 89.1 Å². The number of halogens is 1. The molecule has 0 aliphatic heterocycles. The first kappa shape index (κ1) is 13.2. The van der Waals surface area contributed by atoms with Gasteiger partial charge in [0.1, 0.15) is 6.10 Å². The lowest BCUT2D eigenvalue weighted by Gasteiger charge is -2.13. The van der Waals surface area contributed by atoms with Crippen LogP contribution in [0.3, 0.4) is 0 Å². The number of carbonyl (C=O) groups excluding carboxylic acids is 2. The molecule has 0 heterocycles. The fraction of sp³-hybridized carbons (Fsp3) is 0.600. The highest BCUT2D eigenvalue weighted by Gasteiger charge is 2.15. The number of Topliss-reactive ketones (excluding diaryl/α,β-unsaturated/α-hetero) is 1. The van der Waals surface area contributed by atoms with Crippen molar-refractivity contribution in [2.24, 2.45) is 0 Å². The Balaban J connectivity index is 4.53. The minimum atomic E-state index is -0.548. The van der Waals surface area contributed by atoms with E-state index in [1.54, 1.807) is 20.8 Å². The molecule has 0 aliphatic carbocycles. The van der Waals surface area contributed by atoms with Crippen molar-refractivity contribution in [3.63, 3.8) is 0 Å². The fourth-order valence-electron chi connectivity index (χ4n) is 0.805. The number of hydrogen-bond acceptors (Lipinski definition) is 3. The average molecular weight is 219 g/mol. The number of hydrogen-bond donors (Lipinski definition) is 0. The monoisotopic (exact) mass is 218 g/mol. The van der Waals surface area contributed by atoms with Gasteiger partial charge in [-0.2, -0.15) is 0 Å². The number of ether oxygens (including phenoxy) is 1. The van der Waals surface area contributed by atoms with Crippen molar-refractivity contribution in [3.05, 3.63) is 10.6 Å². The fourth-order valence-corrected chi connectivity index (χ4v) is 0.983. The Hall–Kier alpha value is -0.830. The van der Waals surface area contributed by atoms with Gasteiger partial charge in [0.15, 0.2) is 5.78 Å². The molecular formula is C10H15ClO3. The average Bonchev–Trinajstić information content (AvgIpc) is 2.14. The third-order valence-corrected chi connectivity index (χ3v) is 2.43. The van der Waals surface area contributed by atoms with E-state index in [-0.39, 0.29) is 11.8 Å². The highest BCUT2D eigenvalue weighted by Crippen LogP contribution is 2.17. The van der Waals surface area contributed by atoms with Crippen molar-refractivity contribution < 1.29 is 14.3 Å². The van der Waals surface area contributed by atoms with Crippen LogP contribution in [0.1, 0.15) is 34.1 Å². The van der Waals surface area contributed by atoms with E-state index in [0.29, 0.717) is 17.0 Å². The van der Waals surface area contributed by atoms with Gasteiger partial charge in [0.25, 0.3) is 0 Å². The Kier molecular flexibility index (Phi) is 5.46. The molecule has 14 heavy (non-hydrogen) atoms. The maximum Gasteiger partial charge on any atom is 0.306 e. The molecule has 0 fully saturated rings. The van der Waals surface area contributed by atoms with Gasteiger partial charge in [-0.05, 0) is 20.8 Å². The molecule has 0 saturated heterocycles. The highest BCUT2D eigenvalue weighted by molar-refractivity contribution is 6.32.